The van der Waals surface area contributed by atoms with E-state index in [9.17, 15) is 14.3 Å². The van der Waals surface area contributed by atoms with Crippen LogP contribution in [0.2, 0.25) is 0 Å². The first-order valence-electron chi connectivity index (χ1n) is 19.8. The molecule has 0 aliphatic heterocycles. The quantitative estimate of drug-likeness (QED) is 0.0300. The summed E-state index contributed by atoms with van der Waals surface area (Å²) in [6.07, 6.45) is 31.2. The molecule has 0 aromatic carbocycles. The zero-order chi connectivity index (χ0) is 34.9. The lowest BCUT2D eigenvalue weighted by Crippen LogP contribution is -2.37. The fourth-order valence-electron chi connectivity index (χ4n) is 5.55. The van der Waals surface area contributed by atoms with Crippen molar-refractivity contribution in [2.75, 3.05) is 54.1 Å². The number of likely N-dealkylation sites (N-methyl/N-ethyl adjacent to an activating group) is 1. The van der Waals surface area contributed by atoms with Crippen LogP contribution in [0.1, 0.15) is 181 Å². The third kappa shape index (κ3) is 36.6. The highest BCUT2D eigenvalue weighted by Gasteiger charge is 2.26. The minimum atomic E-state index is -4.26. The molecule has 0 radical (unpaired) electrons. The number of ether oxygens (including phenoxy) is 2. The molecule has 0 fully saturated rings. The molecule has 0 heterocycles. The summed E-state index contributed by atoms with van der Waals surface area (Å²) in [4.78, 5) is 22.8. The highest BCUT2D eigenvalue weighted by atomic mass is 31.2. The number of carbonyl (C=O) groups excluding carboxylic acids is 1. The van der Waals surface area contributed by atoms with Crippen LogP contribution in [-0.4, -0.2) is 75.6 Å². The van der Waals surface area contributed by atoms with Crippen molar-refractivity contribution in [2.45, 2.75) is 187 Å². The highest BCUT2D eigenvalue weighted by Crippen LogP contribution is 2.43. The monoisotopic (exact) mass is 693 g/mol. The molecule has 0 saturated carbocycles. The molecule has 0 rings (SSSR count). The number of esters is 1. The van der Waals surface area contributed by atoms with E-state index in [1.807, 2.05) is 21.1 Å². The van der Waals surface area contributed by atoms with Crippen molar-refractivity contribution in [2.24, 2.45) is 0 Å². The number of quaternary nitrogens is 1. The van der Waals surface area contributed by atoms with Gasteiger partial charge in [-0.3, -0.25) is 13.8 Å². The van der Waals surface area contributed by atoms with E-state index in [1.165, 1.54) is 128 Å². The Morgan fingerprint density at radius 1 is 0.574 bits per heavy atom. The van der Waals surface area contributed by atoms with Crippen LogP contribution < -0.4 is 0 Å². The highest BCUT2D eigenvalue weighted by molar-refractivity contribution is 7.47. The Labute approximate surface area is 291 Å². The van der Waals surface area contributed by atoms with E-state index in [0.717, 1.165) is 32.1 Å². The van der Waals surface area contributed by atoms with E-state index in [2.05, 4.69) is 13.8 Å². The maximum atomic E-state index is 12.6. The SMILES string of the molecule is CCCCCCCCCCCCCCCOCC(COP(=O)(O)OCC[N+](C)(C)C)OC(=O)CCCCCCCCCCCCCC. The normalized spacial score (nSPS) is 13.9. The molecular weight excluding hydrogens is 613 g/mol. The first kappa shape index (κ1) is 46.5. The van der Waals surface area contributed by atoms with Gasteiger partial charge in [-0.05, 0) is 12.8 Å². The second-order valence-corrected chi connectivity index (χ2v) is 16.1. The van der Waals surface area contributed by atoms with Crippen LogP contribution in [0.4, 0.5) is 0 Å². The predicted octanol–water partition coefficient (Wildman–Crippen LogP) is 10.9. The van der Waals surface area contributed by atoms with Crippen molar-refractivity contribution < 1.29 is 37.3 Å². The van der Waals surface area contributed by atoms with Gasteiger partial charge < -0.3 is 18.9 Å². The Morgan fingerprint density at radius 2 is 0.979 bits per heavy atom. The molecule has 8 nitrogen and oxygen atoms in total. The van der Waals surface area contributed by atoms with Crippen molar-refractivity contribution >= 4 is 13.8 Å². The van der Waals surface area contributed by atoms with E-state index < -0.39 is 13.9 Å². The zero-order valence-electron chi connectivity index (χ0n) is 31.8. The van der Waals surface area contributed by atoms with Gasteiger partial charge in [0.05, 0.1) is 34.4 Å². The maximum Gasteiger partial charge on any atom is 0.472 e. The van der Waals surface area contributed by atoms with Crippen LogP contribution >= 0.6 is 7.82 Å². The summed E-state index contributed by atoms with van der Waals surface area (Å²) in [5.41, 5.74) is 0. The number of nitrogens with zero attached hydrogens (tertiary/aromatic N) is 1. The largest absolute Gasteiger partial charge is 0.472 e. The van der Waals surface area contributed by atoms with Gasteiger partial charge in [-0.2, -0.15) is 0 Å². The molecule has 0 saturated heterocycles. The lowest BCUT2D eigenvalue weighted by atomic mass is 10.0. The van der Waals surface area contributed by atoms with Gasteiger partial charge in [0.2, 0.25) is 0 Å². The van der Waals surface area contributed by atoms with E-state index >= 15 is 0 Å². The standard InChI is InChI=1S/C38H78NO7P/c1-6-8-10-12-14-16-18-20-22-24-26-28-30-33-43-35-37(36-45-47(41,42)44-34-32-39(3,4)5)46-38(40)31-29-27-25-23-21-19-17-15-13-11-9-7-2/h37H,6-36H2,1-5H3/p+1. The van der Waals surface area contributed by atoms with Gasteiger partial charge in [0.25, 0.3) is 0 Å². The summed E-state index contributed by atoms with van der Waals surface area (Å²) >= 11 is 0. The smallest absolute Gasteiger partial charge is 0.457 e. The molecular formula is C38H79NO7P+. The number of phosphoric ester groups is 1. The second kappa shape index (κ2) is 32.7. The Morgan fingerprint density at radius 3 is 1.40 bits per heavy atom. The van der Waals surface area contributed by atoms with Gasteiger partial charge in [0.1, 0.15) is 19.3 Å². The first-order valence-corrected chi connectivity index (χ1v) is 21.3. The van der Waals surface area contributed by atoms with E-state index in [-0.39, 0.29) is 25.8 Å². The molecule has 0 aromatic heterocycles. The molecule has 9 heteroatoms. The Bertz CT molecular complexity index is 731. The van der Waals surface area contributed by atoms with Gasteiger partial charge in [-0.15, -0.1) is 0 Å². The van der Waals surface area contributed by atoms with Crippen molar-refractivity contribution in [3.05, 3.63) is 0 Å². The summed E-state index contributed by atoms with van der Waals surface area (Å²) in [5, 5.41) is 0. The van der Waals surface area contributed by atoms with Crippen LogP contribution in [-0.2, 0) is 27.9 Å². The fraction of sp³-hybridized carbons (Fsp3) is 0.974. The van der Waals surface area contributed by atoms with Crippen LogP contribution in [0.5, 0.6) is 0 Å². The van der Waals surface area contributed by atoms with Gasteiger partial charge >= 0.3 is 13.8 Å². The molecule has 1 N–H and O–H groups in total. The van der Waals surface area contributed by atoms with E-state index in [1.54, 1.807) is 0 Å². The van der Waals surface area contributed by atoms with Gasteiger partial charge in [0.15, 0.2) is 0 Å². The van der Waals surface area contributed by atoms with Crippen LogP contribution in [0, 0.1) is 0 Å². The third-order valence-electron chi connectivity index (χ3n) is 8.67. The number of hydrogen-bond acceptors (Lipinski definition) is 6. The summed E-state index contributed by atoms with van der Waals surface area (Å²) in [6, 6.07) is 0. The van der Waals surface area contributed by atoms with Crippen molar-refractivity contribution in [1.29, 1.82) is 0 Å². The Kier molecular flexibility index (Phi) is 32.3. The molecule has 0 amide bonds. The van der Waals surface area contributed by atoms with E-state index in [0.29, 0.717) is 24.1 Å². The fourth-order valence-corrected chi connectivity index (χ4v) is 6.29. The summed E-state index contributed by atoms with van der Waals surface area (Å²) in [6.45, 7) is 5.65. The average Bonchev–Trinajstić information content (AvgIpc) is 3.01. The minimum Gasteiger partial charge on any atom is -0.457 e. The number of rotatable bonds is 37. The predicted molar refractivity (Wildman–Crippen MR) is 197 cm³/mol. The number of unbranched alkanes of at least 4 members (excludes halogenated alkanes) is 23. The Balaban J connectivity index is 4.25. The number of hydrogen-bond donors (Lipinski definition) is 1. The van der Waals surface area contributed by atoms with Crippen LogP contribution in [0.15, 0.2) is 0 Å². The minimum absolute atomic E-state index is 0.0935. The summed E-state index contributed by atoms with van der Waals surface area (Å²) in [5.74, 6) is -0.311. The molecule has 282 valence electrons. The molecule has 47 heavy (non-hydrogen) atoms. The lowest BCUT2D eigenvalue weighted by Gasteiger charge is -2.24. The lowest BCUT2D eigenvalue weighted by molar-refractivity contribution is -0.870. The molecule has 2 unspecified atom stereocenters. The second-order valence-electron chi connectivity index (χ2n) is 14.7. The van der Waals surface area contributed by atoms with Gasteiger partial charge in [-0.25, -0.2) is 4.57 Å². The van der Waals surface area contributed by atoms with Gasteiger partial charge in [0, 0.05) is 13.0 Å². The maximum absolute atomic E-state index is 12.6. The van der Waals surface area contributed by atoms with Crippen LogP contribution in [0.25, 0.3) is 0 Å². The van der Waals surface area contributed by atoms with Crippen molar-refractivity contribution in [1.82, 2.24) is 0 Å². The van der Waals surface area contributed by atoms with Crippen LogP contribution in [0.3, 0.4) is 0 Å². The third-order valence-corrected chi connectivity index (χ3v) is 9.65. The Hall–Kier alpha value is -0.500. The topological polar surface area (TPSA) is 91.3 Å². The molecule has 0 aliphatic carbocycles. The van der Waals surface area contributed by atoms with E-state index in [4.69, 9.17) is 18.5 Å². The molecule has 0 aliphatic rings. The summed E-state index contributed by atoms with van der Waals surface area (Å²) in [7, 11) is 1.68. The molecule has 0 aromatic rings. The number of phosphoric acid groups is 1. The molecule has 0 bridgehead atoms. The first-order chi connectivity index (χ1) is 22.6. The molecule has 2 atom stereocenters. The van der Waals surface area contributed by atoms with Gasteiger partial charge in [-0.1, -0.05) is 162 Å². The number of carbonyl (C=O) groups is 1. The van der Waals surface area contributed by atoms with Crippen molar-refractivity contribution in [3.8, 4) is 0 Å². The summed E-state index contributed by atoms with van der Waals surface area (Å²) < 4.78 is 34.9. The molecule has 0 spiro atoms. The average molecular weight is 693 g/mol. The zero-order valence-corrected chi connectivity index (χ0v) is 32.7. The van der Waals surface area contributed by atoms with Crippen molar-refractivity contribution in [3.63, 3.8) is 0 Å².